The molecule has 17 nitrogen and oxygen atoms in total. The Bertz CT molecular complexity index is 2050. The first-order valence-corrected chi connectivity index (χ1v) is 49.2. The van der Waals surface area contributed by atoms with E-state index in [1.54, 1.807) is 0 Å². The molecule has 6 atom stereocenters. The van der Waals surface area contributed by atoms with E-state index in [4.69, 9.17) is 37.0 Å². The van der Waals surface area contributed by atoms with Gasteiger partial charge in [-0.2, -0.15) is 0 Å². The Labute approximate surface area is 664 Å². The molecule has 642 valence electrons. The summed E-state index contributed by atoms with van der Waals surface area (Å²) in [6.07, 6.45) is 76.7. The van der Waals surface area contributed by atoms with E-state index in [1.165, 1.54) is 295 Å². The quantitative estimate of drug-likeness (QED) is 0.0222. The minimum atomic E-state index is -4.97. The van der Waals surface area contributed by atoms with Gasteiger partial charge in [0, 0.05) is 25.7 Å². The third-order valence-corrected chi connectivity index (χ3v) is 23.3. The topological polar surface area (TPSA) is 237 Å². The van der Waals surface area contributed by atoms with Crippen molar-refractivity contribution in [1.82, 2.24) is 0 Å². The fourth-order valence-electron chi connectivity index (χ4n) is 14.0. The highest BCUT2D eigenvalue weighted by molar-refractivity contribution is 7.47. The van der Waals surface area contributed by atoms with E-state index in [0.717, 1.165) is 109 Å². The monoisotopic (exact) mass is 1580 g/mol. The Hall–Kier alpha value is -1.94. The van der Waals surface area contributed by atoms with Gasteiger partial charge in [0.2, 0.25) is 0 Å². The second-order valence-electron chi connectivity index (χ2n) is 32.2. The summed E-state index contributed by atoms with van der Waals surface area (Å²) in [6, 6.07) is 0. The summed E-state index contributed by atoms with van der Waals surface area (Å²) in [5, 5.41) is 10.7. The summed E-state index contributed by atoms with van der Waals surface area (Å²) in [4.78, 5) is 73.2. The van der Waals surface area contributed by atoms with E-state index in [9.17, 15) is 43.2 Å². The number of unbranched alkanes of at least 4 members (excludes halogenated alkanes) is 60. The van der Waals surface area contributed by atoms with Crippen LogP contribution in [0.25, 0.3) is 0 Å². The number of aliphatic hydroxyl groups is 1. The predicted octanol–water partition coefficient (Wildman–Crippen LogP) is 27.5. The normalized spacial score (nSPS) is 14.0. The van der Waals surface area contributed by atoms with Crippen LogP contribution in [0.1, 0.15) is 484 Å². The average Bonchev–Trinajstić information content (AvgIpc) is 0.899. The van der Waals surface area contributed by atoms with Crippen molar-refractivity contribution < 1.29 is 80.2 Å². The zero-order valence-electron chi connectivity index (χ0n) is 71.0. The molecule has 0 saturated carbocycles. The zero-order chi connectivity index (χ0) is 79.0. The molecule has 0 heterocycles. The SMILES string of the molecule is CCCCCCCCCCCCCCCCCCCCCCC(=O)OC[C@H](COP(=O)(O)OC[C@@H](O)COP(=O)(O)OC[C@@H](COC(=O)CCCCCCCCC)OC(=O)CCCCCCCCCCCCCCCCCCCCC)OC(=O)CCCCCCCCCCCCCCCCCCCCC(C)CC. The molecule has 0 bridgehead atoms. The lowest BCUT2D eigenvalue weighted by Crippen LogP contribution is -2.30. The predicted molar refractivity (Wildman–Crippen MR) is 446 cm³/mol. The van der Waals surface area contributed by atoms with Crippen molar-refractivity contribution >= 4 is 39.5 Å². The van der Waals surface area contributed by atoms with Crippen LogP contribution in [-0.2, 0) is 65.4 Å². The number of ether oxygens (including phenoxy) is 4. The van der Waals surface area contributed by atoms with Gasteiger partial charge in [-0.15, -0.1) is 0 Å². The number of phosphoric acid groups is 2. The maximum atomic E-state index is 13.2. The molecule has 108 heavy (non-hydrogen) atoms. The molecule has 19 heteroatoms. The van der Waals surface area contributed by atoms with Gasteiger partial charge in [-0.1, -0.05) is 433 Å². The standard InChI is InChI=1S/C89H174O17P2/c1-6-10-13-16-19-21-23-25-27-29-31-33-37-41-45-49-53-58-63-68-73-87(92)100-79-85(106-89(94)75-70-65-60-55-51-47-43-39-35-34-36-40-44-48-52-57-61-66-71-82(5)9-4)81-104-108(97,98)102-77-83(90)76-101-107(95,96)103-80-84(78-99-86(91)72-67-62-56-18-15-12-8-3)105-88(93)74-69-64-59-54-50-46-42-38-32-30-28-26-24-22-20-17-14-11-7-2/h82-85,90H,6-81H2,1-5H3,(H,95,96)(H,97,98)/t82?,83-,84+,85+/m0/s1. The van der Waals surface area contributed by atoms with Crippen LogP contribution in [0.3, 0.4) is 0 Å². The van der Waals surface area contributed by atoms with Gasteiger partial charge < -0.3 is 33.8 Å². The minimum absolute atomic E-state index is 0.109. The van der Waals surface area contributed by atoms with Gasteiger partial charge in [-0.3, -0.25) is 37.3 Å². The molecule has 0 aromatic carbocycles. The van der Waals surface area contributed by atoms with Crippen LogP contribution in [0, 0.1) is 5.92 Å². The first kappa shape index (κ1) is 106. The number of phosphoric ester groups is 2. The molecule has 3 unspecified atom stereocenters. The van der Waals surface area contributed by atoms with Crippen LogP contribution in [0.15, 0.2) is 0 Å². The summed E-state index contributed by atoms with van der Waals surface area (Å²) in [7, 11) is -9.92. The van der Waals surface area contributed by atoms with Crippen molar-refractivity contribution in [3.8, 4) is 0 Å². The third-order valence-electron chi connectivity index (χ3n) is 21.4. The van der Waals surface area contributed by atoms with Crippen molar-refractivity contribution in [2.75, 3.05) is 39.6 Å². The van der Waals surface area contributed by atoms with Gasteiger partial charge in [-0.25, -0.2) is 9.13 Å². The van der Waals surface area contributed by atoms with Gasteiger partial charge in [-0.05, 0) is 31.6 Å². The molecular formula is C89H174O17P2. The highest BCUT2D eigenvalue weighted by atomic mass is 31.2. The second-order valence-corrected chi connectivity index (χ2v) is 35.1. The molecule has 0 spiro atoms. The smallest absolute Gasteiger partial charge is 0.462 e. The summed E-state index contributed by atoms with van der Waals surface area (Å²) in [5.41, 5.74) is 0. The van der Waals surface area contributed by atoms with Gasteiger partial charge in [0.25, 0.3) is 0 Å². The van der Waals surface area contributed by atoms with E-state index in [1.807, 2.05) is 0 Å². The number of esters is 4. The molecule has 0 fully saturated rings. The summed E-state index contributed by atoms with van der Waals surface area (Å²) < 4.78 is 68.9. The molecular weight excluding hydrogens is 1400 g/mol. The van der Waals surface area contributed by atoms with Gasteiger partial charge in [0.05, 0.1) is 26.4 Å². The molecule has 0 aliphatic rings. The van der Waals surface area contributed by atoms with E-state index >= 15 is 0 Å². The fraction of sp³-hybridized carbons (Fsp3) is 0.955. The van der Waals surface area contributed by atoms with Crippen LogP contribution in [0.2, 0.25) is 0 Å². The molecule has 0 aromatic heterocycles. The number of carbonyl (C=O) groups excluding carboxylic acids is 4. The summed E-state index contributed by atoms with van der Waals surface area (Å²) in [6.45, 7) is 7.41. The first-order valence-electron chi connectivity index (χ1n) is 46.2. The lowest BCUT2D eigenvalue weighted by Gasteiger charge is -2.21. The summed E-state index contributed by atoms with van der Waals surface area (Å²) >= 11 is 0. The Morgan fingerprint density at radius 3 is 0.657 bits per heavy atom. The average molecular weight is 1580 g/mol. The maximum Gasteiger partial charge on any atom is 0.472 e. The van der Waals surface area contributed by atoms with E-state index in [0.29, 0.717) is 25.7 Å². The minimum Gasteiger partial charge on any atom is -0.462 e. The van der Waals surface area contributed by atoms with Crippen molar-refractivity contribution in [2.24, 2.45) is 5.92 Å². The fourth-order valence-corrected chi connectivity index (χ4v) is 15.5. The number of hydrogen-bond acceptors (Lipinski definition) is 15. The van der Waals surface area contributed by atoms with Crippen LogP contribution < -0.4 is 0 Å². The Balaban J connectivity index is 5.15. The van der Waals surface area contributed by atoms with Gasteiger partial charge >= 0.3 is 39.5 Å². The van der Waals surface area contributed by atoms with Crippen LogP contribution in [0.5, 0.6) is 0 Å². The largest absolute Gasteiger partial charge is 0.472 e. The first-order chi connectivity index (χ1) is 52.6. The van der Waals surface area contributed by atoms with Crippen molar-refractivity contribution in [2.45, 2.75) is 502 Å². The van der Waals surface area contributed by atoms with Crippen LogP contribution >= 0.6 is 15.6 Å². The summed E-state index contributed by atoms with van der Waals surface area (Å²) in [5.74, 6) is -1.23. The molecule has 3 N–H and O–H groups in total. The van der Waals surface area contributed by atoms with E-state index in [-0.39, 0.29) is 25.7 Å². The van der Waals surface area contributed by atoms with Crippen LogP contribution in [-0.4, -0.2) is 96.7 Å². The van der Waals surface area contributed by atoms with Crippen molar-refractivity contribution in [3.63, 3.8) is 0 Å². The van der Waals surface area contributed by atoms with Crippen molar-refractivity contribution in [1.29, 1.82) is 0 Å². The second kappa shape index (κ2) is 81.6. The third kappa shape index (κ3) is 80.7. The molecule has 0 aliphatic heterocycles. The molecule has 0 aliphatic carbocycles. The van der Waals surface area contributed by atoms with Crippen molar-refractivity contribution in [3.05, 3.63) is 0 Å². The molecule has 0 saturated heterocycles. The molecule has 0 rings (SSSR count). The molecule has 0 amide bonds. The maximum absolute atomic E-state index is 13.2. The number of hydrogen-bond donors (Lipinski definition) is 3. The highest BCUT2D eigenvalue weighted by Gasteiger charge is 2.31. The number of rotatable bonds is 89. The van der Waals surface area contributed by atoms with Gasteiger partial charge in [0.1, 0.15) is 19.3 Å². The van der Waals surface area contributed by atoms with E-state index < -0.39 is 97.5 Å². The van der Waals surface area contributed by atoms with Gasteiger partial charge in [0.15, 0.2) is 12.2 Å². The number of carbonyl (C=O) groups is 4. The molecule has 0 radical (unpaired) electrons. The molecule has 0 aromatic rings. The van der Waals surface area contributed by atoms with Crippen LogP contribution in [0.4, 0.5) is 0 Å². The Kier molecular flexibility index (Phi) is 80.2. The Morgan fingerprint density at radius 2 is 0.444 bits per heavy atom. The van der Waals surface area contributed by atoms with E-state index in [2.05, 4.69) is 34.6 Å². The lowest BCUT2D eigenvalue weighted by atomic mass is 9.99. The lowest BCUT2D eigenvalue weighted by molar-refractivity contribution is -0.161. The number of aliphatic hydroxyl groups excluding tert-OH is 1. The Morgan fingerprint density at radius 1 is 0.259 bits per heavy atom. The zero-order valence-corrected chi connectivity index (χ0v) is 72.8. The highest BCUT2D eigenvalue weighted by Crippen LogP contribution is 2.45.